The van der Waals surface area contributed by atoms with Gasteiger partial charge >= 0.3 is 0 Å². The summed E-state index contributed by atoms with van der Waals surface area (Å²) in [6.45, 7) is 10.9. The molecule has 1 N–H and O–H groups in total. The van der Waals surface area contributed by atoms with Crippen molar-refractivity contribution >= 4 is 11.8 Å². The van der Waals surface area contributed by atoms with E-state index in [1.54, 1.807) is 4.90 Å². The molecule has 0 fully saturated rings. The highest BCUT2D eigenvalue weighted by Gasteiger charge is 2.30. The number of hydrogen-bond donors (Lipinski definition) is 1. The van der Waals surface area contributed by atoms with Crippen molar-refractivity contribution in [3.8, 4) is 5.75 Å². The minimum atomic E-state index is -0.664. The molecule has 0 aliphatic carbocycles. The maximum absolute atomic E-state index is 13.7. The SMILES string of the molecule is Cc1cc(C)c(C)c(OCC(=O)N(Cc2ccccc2)[C@H](Cc2ccccc2)C(=O)NCC(C)C)c1. The predicted molar refractivity (Wildman–Crippen MR) is 145 cm³/mol. The van der Waals surface area contributed by atoms with Gasteiger partial charge in [0.25, 0.3) is 5.91 Å². The molecule has 0 spiro atoms. The van der Waals surface area contributed by atoms with Gasteiger partial charge in [0.2, 0.25) is 5.91 Å². The van der Waals surface area contributed by atoms with Gasteiger partial charge in [-0.25, -0.2) is 0 Å². The molecular formula is C31H38N2O3. The summed E-state index contributed by atoms with van der Waals surface area (Å²) < 4.78 is 6.03. The van der Waals surface area contributed by atoms with Crippen molar-refractivity contribution in [3.05, 3.63) is 101 Å². The van der Waals surface area contributed by atoms with Crippen LogP contribution >= 0.6 is 0 Å². The Bertz CT molecular complexity index is 1140. The van der Waals surface area contributed by atoms with E-state index in [4.69, 9.17) is 4.74 Å². The second-order valence-corrected chi connectivity index (χ2v) is 9.85. The maximum atomic E-state index is 13.7. The van der Waals surface area contributed by atoms with Gasteiger partial charge in [-0.1, -0.05) is 80.6 Å². The van der Waals surface area contributed by atoms with Gasteiger partial charge in [-0.15, -0.1) is 0 Å². The third-order valence-corrected chi connectivity index (χ3v) is 6.27. The number of rotatable bonds is 11. The van der Waals surface area contributed by atoms with Crippen LogP contribution in [0.1, 0.15) is 41.7 Å². The number of amides is 2. The minimum Gasteiger partial charge on any atom is -0.483 e. The molecule has 5 heteroatoms. The van der Waals surface area contributed by atoms with Crippen LogP contribution < -0.4 is 10.1 Å². The van der Waals surface area contributed by atoms with E-state index in [0.29, 0.717) is 31.2 Å². The Kier molecular flexibility index (Phi) is 9.69. The molecule has 0 aromatic heterocycles. The zero-order valence-electron chi connectivity index (χ0n) is 22.1. The van der Waals surface area contributed by atoms with Gasteiger partial charge in [-0.2, -0.15) is 0 Å². The van der Waals surface area contributed by atoms with Crippen molar-refractivity contribution in [3.63, 3.8) is 0 Å². The molecule has 0 aliphatic heterocycles. The van der Waals surface area contributed by atoms with Crippen LogP contribution in [0.3, 0.4) is 0 Å². The molecule has 5 nitrogen and oxygen atoms in total. The van der Waals surface area contributed by atoms with Gasteiger partial charge in [0.1, 0.15) is 11.8 Å². The number of nitrogens with zero attached hydrogens (tertiary/aromatic N) is 1. The zero-order chi connectivity index (χ0) is 26.1. The van der Waals surface area contributed by atoms with E-state index in [0.717, 1.165) is 27.8 Å². The highest BCUT2D eigenvalue weighted by molar-refractivity contribution is 5.88. The first-order chi connectivity index (χ1) is 17.2. The second-order valence-electron chi connectivity index (χ2n) is 9.85. The monoisotopic (exact) mass is 486 g/mol. The number of nitrogens with one attached hydrogen (secondary N) is 1. The lowest BCUT2D eigenvalue weighted by atomic mass is 10.0. The van der Waals surface area contributed by atoms with Crippen molar-refractivity contribution < 1.29 is 14.3 Å². The highest BCUT2D eigenvalue weighted by atomic mass is 16.5. The standard InChI is InChI=1S/C31H38N2O3/c1-22(2)19-32-31(35)28(18-26-12-8-6-9-13-26)33(20-27-14-10-7-11-15-27)30(34)21-36-29-17-23(3)16-24(4)25(29)5/h6-17,22,28H,18-21H2,1-5H3,(H,32,35)/t28-/m1/s1. The van der Waals surface area contributed by atoms with Gasteiger partial charge in [0.05, 0.1) is 0 Å². The number of hydrogen-bond acceptors (Lipinski definition) is 3. The quantitative estimate of drug-likeness (QED) is 0.395. The van der Waals surface area contributed by atoms with Gasteiger partial charge in [0, 0.05) is 19.5 Å². The van der Waals surface area contributed by atoms with Gasteiger partial charge in [-0.05, 0) is 60.6 Å². The summed E-state index contributed by atoms with van der Waals surface area (Å²) in [6.07, 6.45) is 0.423. The molecular weight excluding hydrogens is 448 g/mol. The summed E-state index contributed by atoms with van der Waals surface area (Å²) in [6, 6.07) is 23.0. The summed E-state index contributed by atoms with van der Waals surface area (Å²) in [7, 11) is 0. The van der Waals surface area contributed by atoms with Crippen LogP contribution in [0.2, 0.25) is 0 Å². The fourth-order valence-corrected chi connectivity index (χ4v) is 4.13. The van der Waals surface area contributed by atoms with Crippen LogP contribution in [0, 0.1) is 26.7 Å². The van der Waals surface area contributed by atoms with Crippen molar-refractivity contribution in [1.29, 1.82) is 0 Å². The molecule has 0 radical (unpaired) electrons. The maximum Gasteiger partial charge on any atom is 0.261 e. The molecule has 3 aromatic rings. The highest BCUT2D eigenvalue weighted by Crippen LogP contribution is 2.24. The molecule has 0 saturated heterocycles. The average Bonchev–Trinajstić information content (AvgIpc) is 2.87. The Balaban J connectivity index is 1.91. The fourth-order valence-electron chi connectivity index (χ4n) is 4.13. The molecule has 190 valence electrons. The smallest absolute Gasteiger partial charge is 0.261 e. The molecule has 0 heterocycles. The van der Waals surface area contributed by atoms with Crippen molar-refractivity contribution in [2.24, 2.45) is 5.92 Å². The minimum absolute atomic E-state index is 0.140. The average molecular weight is 487 g/mol. The Morgan fingerprint density at radius 1 is 0.889 bits per heavy atom. The first kappa shape index (κ1) is 27.0. The Hall–Kier alpha value is -3.60. The molecule has 2 amide bonds. The Labute approximate surface area is 215 Å². The van der Waals surface area contributed by atoms with Gasteiger partial charge in [-0.3, -0.25) is 9.59 Å². The van der Waals surface area contributed by atoms with Gasteiger partial charge in [0.15, 0.2) is 6.61 Å². The Morgan fingerprint density at radius 2 is 1.50 bits per heavy atom. The van der Waals surface area contributed by atoms with Crippen LogP contribution in [0.15, 0.2) is 72.8 Å². The molecule has 0 saturated carbocycles. The summed E-state index contributed by atoms with van der Waals surface area (Å²) >= 11 is 0. The van der Waals surface area contributed by atoms with Crippen LogP contribution in [0.4, 0.5) is 0 Å². The molecule has 3 aromatic carbocycles. The van der Waals surface area contributed by atoms with Crippen molar-refractivity contribution in [2.45, 2.75) is 53.6 Å². The van der Waals surface area contributed by atoms with Crippen molar-refractivity contribution in [1.82, 2.24) is 10.2 Å². The first-order valence-corrected chi connectivity index (χ1v) is 12.6. The molecule has 1 atom stereocenters. The third-order valence-electron chi connectivity index (χ3n) is 6.27. The fraction of sp³-hybridized carbons (Fsp3) is 0.355. The molecule has 0 unspecified atom stereocenters. The van der Waals surface area contributed by atoms with E-state index < -0.39 is 6.04 Å². The van der Waals surface area contributed by atoms with Gasteiger partial charge < -0.3 is 15.0 Å². The van der Waals surface area contributed by atoms with E-state index in [2.05, 4.69) is 25.2 Å². The zero-order valence-corrected chi connectivity index (χ0v) is 22.1. The second kappa shape index (κ2) is 12.9. The van der Waals surface area contributed by atoms with Crippen molar-refractivity contribution in [2.75, 3.05) is 13.2 Å². The van der Waals surface area contributed by atoms with E-state index in [-0.39, 0.29) is 18.4 Å². The lowest BCUT2D eigenvalue weighted by molar-refractivity contribution is -0.142. The lowest BCUT2D eigenvalue weighted by Gasteiger charge is -2.32. The van der Waals surface area contributed by atoms with E-state index in [9.17, 15) is 9.59 Å². The number of carbonyl (C=O) groups excluding carboxylic acids is 2. The predicted octanol–water partition coefficient (Wildman–Crippen LogP) is 5.40. The van der Waals surface area contributed by atoms with E-state index >= 15 is 0 Å². The van der Waals surface area contributed by atoms with Crippen LogP contribution in [-0.2, 0) is 22.6 Å². The number of carbonyl (C=O) groups is 2. The number of ether oxygens (including phenoxy) is 1. The summed E-state index contributed by atoms with van der Waals surface area (Å²) in [5.74, 6) is 0.627. The summed E-state index contributed by atoms with van der Waals surface area (Å²) in [4.78, 5) is 28.8. The van der Waals surface area contributed by atoms with E-state index in [1.807, 2.05) is 87.5 Å². The van der Waals surface area contributed by atoms with E-state index in [1.165, 1.54) is 0 Å². The summed E-state index contributed by atoms with van der Waals surface area (Å²) in [5, 5.41) is 3.05. The topological polar surface area (TPSA) is 58.6 Å². The molecule has 0 aliphatic rings. The van der Waals surface area contributed by atoms with Crippen LogP contribution in [0.25, 0.3) is 0 Å². The summed E-state index contributed by atoms with van der Waals surface area (Å²) in [5.41, 5.74) is 5.17. The normalized spacial score (nSPS) is 11.7. The number of benzene rings is 3. The largest absolute Gasteiger partial charge is 0.483 e. The molecule has 36 heavy (non-hydrogen) atoms. The molecule has 3 rings (SSSR count). The van der Waals surface area contributed by atoms with Crippen LogP contribution in [0.5, 0.6) is 5.75 Å². The number of aryl methyl sites for hydroxylation is 2. The third kappa shape index (κ3) is 7.70. The molecule has 0 bridgehead atoms. The lowest BCUT2D eigenvalue weighted by Crippen LogP contribution is -2.52. The Morgan fingerprint density at radius 3 is 2.11 bits per heavy atom. The first-order valence-electron chi connectivity index (χ1n) is 12.6. The van der Waals surface area contributed by atoms with Crippen LogP contribution in [-0.4, -0.2) is 35.9 Å².